The standard InChI is InChI=1S/C33H39N3O2/c37-31-30(25-28-16-7-2-8-17-28)34-32(38)33(36(31)26-29-18-9-3-10-19-29)20-23-35(24-21-33)22-12-4-11-15-27-13-5-1-6-14-27/h1-3,5-10,13-14,16-19,30H,4,11-12,15,20-26H2,(H,34,38). The molecule has 38 heavy (non-hydrogen) atoms. The second-order valence-electron chi connectivity index (χ2n) is 10.8. The maximum atomic E-state index is 13.9. The van der Waals surface area contributed by atoms with E-state index in [9.17, 15) is 9.59 Å². The number of hydrogen-bond donors (Lipinski definition) is 1. The van der Waals surface area contributed by atoms with Gasteiger partial charge in [-0.05, 0) is 55.3 Å². The Labute approximate surface area is 226 Å². The van der Waals surface area contributed by atoms with Crippen molar-refractivity contribution in [2.24, 2.45) is 0 Å². The monoisotopic (exact) mass is 509 g/mol. The van der Waals surface area contributed by atoms with E-state index in [-0.39, 0.29) is 11.8 Å². The van der Waals surface area contributed by atoms with Crippen molar-refractivity contribution >= 4 is 11.8 Å². The lowest BCUT2D eigenvalue weighted by Gasteiger charge is -2.51. The number of carbonyl (C=O) groups excluding carboxylic acids is 2. The van der Waals surface area contributed by atoms with E-state index in [0.29, 0.717) is 25.8 Å². The third kappa shape index (κ3) is 6.16. The molecule has 0 saturated carbocycles. The number of amides is 2. The molecule has 2 aliphatic rings. The predicted molar refractivity (Wildman–Crippen MR) is 151 cm³/mol. The Bertz CT molecular complexity index is 1170. The number of benzene rings is 3. The lowest BCUT2D eigenvalue weighted by atomic mass is 9.80. The number of aryl methyl sites for hydroxylation is 1. The first-order valence-electron chi connectivity index (χ1n) is 14.1. The van der Waals surface area contributed by atoms with Gasteiger partial charge in [-0.25, -0.2) is 0 Å². The molecular weight excluding hydrogens is 470 g/mol. The van der Waals surface area contributed by atoms with E-state index in [2.05, 4.69) is 40.5 Å². The normalized spacial score (nSPS) is 19.5. The third-order valence-corrected chi connectivity index (χ3v) is 8.24. The Morgan fingerprint density at radius 2 is 1.29 bits per heavy atom. The summed E-state index contributed by atoms with van der Waals surface area (Å²) in [4.78, 5) is 32.0. The Balaban J connectivity index is 1.21. The number of carbonyl (C=O) groups is 2. The molecule has 1 spiro atoms. The van der Waals surface area contributed by atoms with Gasteiger partial charge in [0.15, 0.2) is 0 Å². The SMILES string of the molecule is O=C1C(Cc2ccccc2)NC(=O)C2(CCN(CCCCCc3ccccc3)CC2)N1Cc1ccccc1. The minimum Gasteiger partial charge on any atom is -0.342 e. The van der Waals surface area contributed by atoms with Crippen molar-refractivity contribution in [2.75, 3.05) is 19.6 Å². The van der Waals surface area contributed by atoms with Crippen LogP contribution in [0.4, 0.5) is 0 Å². The maximum Gasteiger partial charge on any atom is 0.246 e. The zero-order chi connectivity index (χ0) is 26.2. The van der Waals surface area contributed by atoms with E-state index < -0.39 is 11.6 Å². The molecule has 3 aromatic carbocycles. The molecule has 0 radical (unpaired) electrons. The average Bonchev–Trinajstić information content (AvgIpc) is 2.96. The zero-order valence-electron chi connectivity index (χ0n) is 22.2. The van der Waals surface area contributed by atoms with Crippen molar-refractivity contribution in [1.82, 2.24) is 15.1 Å². The molecule has 0 bridgehead atoms. The molecule has 1 atom stereocenters. The van der Waals surface area contributed by atoms with Gasteiger partial charge in [0.2, 0.25) is 11.8 Å². The lowest BCUT2D eigenvalue weighted by molar-refractivity contribution is -0.162. The summed E-state index contributed by atoms with van der Waals surface area (Å²) in [5, 5.41) is 3.13. The van der Waals surface area contributed by atoms with Crippen LogP contribution in [0.3, 0.4) is 0 Å². The highest BCUT2D eigenvalue weighted by Crippen LogP contribution is 2.35. The summed E-state index contributed by atoms with van der Waals surface area (Å²) in [6.07, 6.45) is 6.58. The largest absolute Gasteiger partial charge is 0.342 e. The second-order valence-corrected chi connectivity index (χ2v) is 10.8. The Hall–Kier alpha value is -3.44. The fraction of sp³-hybridized carbons (Fsp3) is 0.394. The first kappa shape index (κ1) is 26.2. The van der Waals surface area contributed by atoms with Crippen molar-refractivity contribution < 1.29 is 9.59 Å². The molecule has 2 aliphatic heterocycles. The Kier molecular flexibility index (Phi) is 8.54. The number of nitrogens with one attached hydrogen (secondary N) is 1. The van der Waals surface area contributed by atoms with Crippen LogP contribution >= 0.6 is 0 Å². The first-order valence-corrected chi connectivity index (χ1v) is 14.1. The van der Waals surface area contributed by atoms with Crippen LogP contribution < -0.4 is 5.32 Å². The van der Waals surface area contributed by atoms with E-state index in [1.54, 1.807) is 0 Å². The van der Waals surface area contributed by atoms with Gasteiger partial charge in [0, 0.05) is 26.1 Å². The minimum absolute atomic E-state index is 0.0106. The molecular formula is C33H39N3O2. The molecule has 0 aliphatic carbocycles. The highest BCUT2D eigenvalue weighted by atomic mass is 16.2. The fourth-order valence-electron chi connectivity index (χ4n) is 5.99. The van der Waals surface area contributed by atoms with E-state index in [1.165, 1.54) is 18.4 Å². The van der Waals surface area contributed by atoms with Gasteiger partial charge in [0.1, 0.15) is 11.6 Å². The van der Waals surface area contributed by atoms with Gasteiger partial charge in [-0.1, -0.05) is 97.4 Å². The van der Waals surface area contributed by atoms with Crippen molar-refractivity contribution in [1.29, 1.82) is 0 Å². The van der Waals surface area contributed by atoms with Gasteiger partial charge in [0.05, 0.1) is 0 Å². The molecule has 3 aromatic rings. The molecule has 198 valence electrons. The topological polar surface area (TPSA) is 52.7 Å². The molecule has 2 heterocycles. The molecule has 0 aromatic heterocycles. The molecule has 2 amide bonds. The van der Waals surface area contributed by atoms with Gasteiger partial charge >= 0.3 is 0 Å². The second kappa shape index (κ2) is 12.4. The highest BCUT2D eigenvalue weighted by Gasteiger charge is 2.53. The number of nitrogens with zero attached hydrogens (tertiary/aromatic N) is 2. The molecule has 1 N–H and O–H groups in total. The number of piperazine rings is 1. The zero-order valence-corrected chi connectivity index (χ0v) is 22.2. The van der Waals surface area contributed by atoms with Crippen LogP contribution in [0.1, 0.15) is 48.8 Å². The average molecular weight is 510 g/mol. The van der Waals surface area contributed by atoms with Gasteiger partial charge < -0.3 is 15.1 Å². The van der Waals surface area contributed by atoms with Gasteiger partial charge in [0.25, 0.3) is 0 Å². The van der Waals surface area contributed by atoms with E-state index >= 15 is 0 Å². The van der Waals surface area contributed by atoms with Crippen molar-refractivity contribution in [2.45, 2.75) is 63.1 Å². The highest BCUT2D eigenvalue weighted by molar-refractivity contribution is 6.00. The van der Waals surface area contributed by atoms with Crippen LogP contribution in [0, 0.1) is 0 Å². The smallest absolute Gasteiger partial charge is 0.246 e. The minimum atomic E-state index is -0.774. The maximum absolute atomic E-state index is 13.9. The van der Waals surface area contributed by atoms with Crippen molar-refractivity contribution in [3.05, 3.63) is 108 Å². The van der Waals surface area contributed by atoms with E-state index in [1.807, 2.05) is 65.6 Å². The van der Waals surface area contributed by atoms with Gasteiger partial charge in [-0.3, -0.25) is 9.59 Å². The van der Waals surface area contributed by atoms with Crippen LogP contribution in [0.25, 0.3) is 0 Å². The quantitative estimate of drug-likeness (QED) is 0.391. The summed E-state index contributed by atoms with van der Waals surface area (Å²) >= 11 is 0. The molecule has 5 nitrogen and oxygen atoms in total. The number of piperidine rings is 1. The number of unbranched alkanes of at least 4 members (excludes halogenated alkanes) is 2. The molecule has 2 fully saturated rings. The van der Waals surface area contributed by atoms with Crippen LogP contribution in [0.5, 0.6) is 0 Å². The fourth-order valence-corrected chi connectivity index (χ4v) is 5.99. The van der Waals surface area contributed by atoms with Crippen molar-refractivity contribution in [3.63, 3.8) is 0 Å². The Morgan fingerprint density at radius 3 is 1.92 bits per heavy atom. The van der Waals surface area contributed by atoms with Crippen LogP contribution in [-0.4, -0.2) is 52.8 Å². The van der Waals surface area contributed by atoms with Crippen LogP contribution in [0.15, 0.2) is 91.0 Å². The summed E-state index contributed by atoms with van der Waals surface area (Å²) in [5.74, 6) is 0.0446. The molecule has 5 heteroatoms. The first-order chi connectivity index (χ1) is 18.6. The number of hydrogen-bond acceptors (Lipinski definition) is 3. The summed E-state index contributed by atoms with van der Waals surface area (Å²) in [7, 11) is 0. The van der Waals surface area contributed by atoms with Crippen LogP contribution in [-0.2, 0) is 29.0 Å². The summed E-state index contributed by atoms with van der Waals surface area (Å²) in [6, 6.07) is 30.2. The van der Waals surface area contributed by atoms with Gasteiger partial charge in [-0.2, -0.15) is 0 Å². The molecule has 1 unspecified atom stereocenters. The third-order valence-electron chi connectivity index (χ3n) is 8.24. The number of likely N-dealkylation sites (tertiary alicyclic amines) is 1. The summed E-state index contributed by atoms with van der Waals surface area (Å²) in [6.45, 7) is 3.20. The van der Waals surface area contributed by atoms with E-state index in [4.69, 9.17) is 0 Å². The van der Waals surface area contributed by atoms with Gasteiger partial charge in [-0.15, -0.1) is 0 Å². The Morgan fingerprint density at radius 1 is 0.711 bits per heavy atom. The molecule has 5 rings (SSSR count). The summed E-state index contributed by atoms with van der Waals surface area (Å²) < 4.78 is 0. The van der Waals surface area contributed by atoms with Crippen LogP contribution in [0.2, 0.25) is 0 Å². The number of rotatable bonds is 10. The summed E-state index contributed by atoms with van der Waals surface area (Å²) in [5.41, 5.74) is 2.76. The van der Waals surface area contributed by atoms with Crippen molar-refractivity contribution in [3.8, 4) is 0 Å². The predicted octanol–water partition coefficient (Wildman–Crippen LogP) is 5.00. The lowest BCUT2D eigenvalue weighted by Crippen LogP contribution is -2.72. The van der Waals surface area contributed by atoms with E-state index in [0.717, 1.165) is 43.6 Å². The molecule has 2 saturated heterocycles.